The molecule has 3 aliphatic rings. The monoisotopic (exact) mass is 350 g/mol. The summed E-state index contributed by atoms with van der Waals surface area (Å²) in [6.45, 7) is -2.71. The third-order valence-corrected chi connectivity index (χ3v) is 5.51. The van der Waals surface area contributed by atoms with Crippen molar-refractivity contribution in [3.8, 4) is 34.1 Å². The van der Waals surface area contributed by atoms with Gasteiger partial charge >= 0.3 is 0 Å². The first-order valence-corrected chi connectivity index (χ1v) is 9.63. The van der Waals surface area contributed by atoms with E-state index >= 15 is 0 Å². The summed E-state index contributed by atoms with van der Waals surface area (Å²) in [4.78, 5) is 10.5. The predicted octanol–water partition coefficient (Wildman–Crippen LogP) is 2.87. The molecular formula is C14H11N2O5PS. The number of benzene rings is 2. The minimum absolute atomic E-state index is 0.147. The molecule has 0 saturated heterocycles. The Morgan fingerprint density at radius 3 is 1.78 bits per heavy atom. The highest BCUT2D eigenvalue weighted by atomic mass is 32.4. The highest BCUT2D eigenvalue weighted by molar-refractivity contribution is 8.13. The number of hydrogen-bond acceptors (Lipinski definition) is 5. The maximum absolute atomic E-state index is 10.5. The van der Waals surface area contributed by atoms with E-state index < -0.39 is 6.57 Å². The van der Waals surface area contributed by atoms with Crippen LogP contribution in [0.1, 0.15) is 0 Å². The van der Waals surface area contributed by atoms with Gasteiger partial charge in [-0.1, -0.05) is 0 Å². The van der Waals surface area contributed by atoms with Gasteiger partial charge in [0.2, 0.25) is 20.2 Å². The van der Waals surface area contributed by atoms with E-state index in [2.05, 4.69) is 10.2 Å². The van der Waals surface area contributed by atoms with Crippen LogP contribution in [0.5, 0.6) is 23.0 Å². The van der Waals surface area contributed by atoms with Crippen LogP contribution in [0.4, 0.5) is 11.4 Å². The lowest BCUT2D eigenvalue weighted by Gasteiger charge is -2.17. The first kappa shape index (κ1) is 13.3. The van der Waals surface area contributed by atoms with Crippen molar-refractivity contribution in [2.75, 3.05) is 23.8 Å². The van der Waals surface area contributed by atoms with Gasteiger partial charge in [-0.3, -0.25) is 0 Å². The zero-order chi connectivity index (χ0) is 15.6. The van der Waals surface area contributed by atoms with Crippen LogP contribution in [0, 0.1) is 0 Å². The van der Waals surface area contributed by atoms with Gasteiger partial charge in [0.1, 0.15) is 0 Å². The molecule has 0 radical (unpaired) electrons. The molecule has 2 aromatic rings. The second-order valence-corrected chi connectivity index (χ2v) is 8.43. The number of rotatable bonds is 0. The minimum atomic E-state index is -3.00. The molecule has 7 nitrogen and oxygen atoms in total. The summed E-state index contributed by atoms with van der Waals surface area (Å²) in [5.41, 5.74) is 2.81. The van der Waals surface area contributed by atoms with E-state index in [4.69, 9.17) is 30.8 Å². The first-order chi connectivity index (χ1) is 11.1. The molecule has 5 rings (SSSR count). The van der Waals surface area contributed by atoms with Crippen LogP contribution in [0.15, 0.2) is 24.3 Å². The predicted molar refractivity (Wildman–Crippen MR) is 87.9 cm³/mol. The Balaban J connectivity index is 1.90. The molecule has 2 aromatic carbocycles. The summed E-state index contributed by atoms with van der Waals surface area (Å²) in [6.07, 6.45) is 0. The summed E-state index contributed by atoms with van der Waals surface area (Å²) in [6, 6.07) is 7.20. The van der Waals surface area contributed by atoms with Crippen molar-refractivity contribution < 1.29 is 23.8 Å². The lowest BCUT2D eigenvalue weighted by Crippen LogP contribution is -2.02. The molecule has 118 valence electrons. The zero-order valence-electron chi connectivity index (χ0n) is 11.7. The number of nitrogens with one attached hydrogen (secondary N) is 2. The van der Waals surface area contributed by atoms with Gasteiger partial charge in [0.25, 0.3) is 0 Å². The van der Waals surface area contributed by atoms with E-state index in [1.807, 2.05) is 12.1 Å². The van der Waals surface area contributed by atoms with Crippen molar-refractivity contribution in [3.05, 3.63) is 24.3 Å². The molecular weight excluding hydrogens is 339 g/mol. The minimum Gasteiger partial charge on any atom is -0.454 e. The van der Waals surface area contributed by atoms with Crippen molar-refractivity contribution in [1.29, 1.82) is 0 Å². The van der Waals surface area contributed by atoms with Gasteiger partial charge in [0.05, 0.1) is 22.5 Å². The van der Waals surface area contributed by atoms with Crippen LogP contribution in [-0.2, 0) is 11.8 Å². The number of anilines is 2. The molecule has 0 bridgehead atoms. The molecule has 0 saturated carbocycles. The SMILES string of the molecule is OP1(=S)Nc2ccc3c(c2-c2c(ccc4c2OCO4)N1)OCO3. The van der Waals surface area contributed by atoms with Gasteiger partial charge in [-0.25, -0.2) is 0 Å². The second-order valence-electron chi connectivity index (χ2n) is 5.24. The maximum atomic E-state index is 10.5. The first-order valence-electron chi connectivity index (χ1n) is 6.87. The average molecular weight is 350 g/mol. The van der Waals surface area contributed by atoms with Crippen LogP contribution >= 0.6 is 6.57 Å². The van der Waals surface area contributed by atoms with E-state index in [-0.39, 0.29) is 13.6 Å². The summed E-state index contributed by atoms with van der Waals surface area (Å²) >= 11 is 5.29. The van der Waals surface area contributed by atoms with Gasteiger partial charge in [-0.15, -0.1) is 0 Å². The second kappa shape index (κ2) is 4.44. The number of ether oxygens (including phenoxy) is 4. The highest BCUT2D eigenvalue weighted by Gasteiger charge is 2.34. The van der Waals surface area contributed by atoms with E-state index in [1.165, 1.54) is 0 Å². The zero-order valence-corrected chi connectivity index (χ0v) is 13.4. The van der Waals surface area contributed by atoms with E-state index in [0.29, 0.717) is 34.4 Å². The topological polar surface area (TPSA) is 81.2 Å². The van der Waals surface area contributed by atoms with Crippen molar-refractivity contribution in [1.82, 2.24) is 0 Å². The Labute approximate surface area is 136 Å². The summed E-state index contributed by atoms with van der Waals surface area (Å²) in [7, 11) is 0. The number of fused-ring (bicyclic) bond motifs is 7. The summed E-state index contributed by atoms with van der Waals surface area (Å²) in [5, 5.41) is 6.01. The van der Waals surface area contributed by atoms with Crippen LogP contribution in [0.2, 0.25) is 0 Å². The fourth-order valence-corrected chi connectivity index (χ4v) is 4.65. The van der Waals surface area contributed by atoms with Crippen LogP contribution in [0.3, 0.4) is 0 Å². The van der Waals surface area contributed by atoms with Gasteiger partial charge in [-0.2, -0.15) is 0 Å². The molecule has 3 heterocycles. The maximum Gasteiger partial charge on any atom is 0.246 e. The molecule has 0 atom stereocenters. The Hall–Kier alpha value is -2.15. The smallest absolute Gasteiger partial charge is 0.246 e. The van der Waals surface area contributed by atoms with E-state index in [1.54, 1.807) is 12.1 Å². The number of hydrogen-bond donors (Lipinski definition) is 3. The average Bonchev–Trinajstić information content (AvgIpc) is 3.13. The highest BCUT2D eigenvalue weighted by Crippen LogP contribution is 2.60. The molecule has 23 heavy (non-hydrogen) atoms. The van der Waals surface area contributed by atoms with Crippen LogP contribution in [-0.4, -0.2) is 18.5 Å². The standard InChI is InChI=1S/C14H11N2O5PS/c17-22(23)15-7-1-3-9-13(20-5-18-9)11(7)12-8(16-22)2-4-10-14(12)21-6-19-10/h1-4H,5-6H2,(H3,15,16,17,23). The summed E-state index contributed by atoms with van der Waals surface area (Å²) < 4.78 is 22.2. The molecule has 3 aliphatic heterocycles. The molecule has 0 aromatic heterocycles. The van der Waals surface area contributed by atoms with Crippen molar-refractivity contribution >= 4 is 29.7 Å². The molecule has 3 N–H and O–H groups in total. The van der Waals surface area contributed by atoms with Gasteiger partial charge in [-0.05, 0) is 36.1 Å². The Kier molecular flexibility index (Phi) is 2.57. The van der Waals surface area contributed by atoms with Gasteiger partial charge < -0.3 is 34.0 Å². The van der Waals surface area contributed by atoms with E-state index in [9.17, 15) is 4.89 Å². The lowest BCUT2D eigenvalue weighted by molar-refractivity contribution is 0.173. The fraction of sp³-hybridized carbons (Fsp3) is 0.143. The third kappa shape index (κ3) is 1.89. The fourth-order valence-electron chi connectivity index (χ4n) is 2.98. The van der Waals surface area contributed by atoms with E-state index in [0.717, 1.165) is 11.1 Å². The molecule has 0 amide bonds. The molecule has 0 spiro atoms. The van der Waals surface area contributed by atoms with Crippen LogP contribution in [0.25, 0.3) is 11.1 Å². The molecule has 0 aliphatic carbocycles. The molecule has 0 unspecified atom stereocenters. The third-order valence-electron chi connectivity index (χ3n) is 3.87. The Bertz CT molecular complexity index is 834. The molecule has 0 fully saturated rings. The quantitative estimate of drug-likeness (QED) is 0.626. The van der Waals surface area contributed by atoms with Crippen LogP contribution < -0.4 is 29.1 Å². The van der Waals surface area contributed by atoms with Gasteiger partial charge in [0.15, 0.2) is 23.0 Å². The normalized spacial score (nSPS) is 18.3. The van der Waals surface area contributed by atoms with Gasteiger partial charge in [0, 0.05) is 0 Å². The van der Waals surface area contributed by atoms with Crippen molar-refractivity contribution in [2.24, 2.45) is 0 Å². The van der Waals surface area contributed by atoms with Crippen molar-refractivity contribution in [2.45, 2.75) is 0 Å². The van der Waals surface area contributed by atoms with Crippen molar-refractivity contribution in [3.63, 3.8) is 0 Å². The largest absolute Gasteiger partial charge is 0.454 e. The lowest BCUT2D eigenvalue weighted by atomic mass is 9.99. The summed E-state index contributed by atoms with van der Waals surface area (Å²) in [5.74, 6) is 2.47. The Morgan fingerprint density at radius 2 is 1.30 bits per heavy atom. The molecule has 9 heteroatoms. The Morgan fingerprint density at radius 1 is 0.826 bits per heavy atom.